The molecule has 0 aromatic heterocycles. The van der Waals surface area contributed by atoms with E-state index in [0.717, 1.165) is 18.2 Å². The van der Waals surface area contributed by atoms with Crippen LogP contribution >= 0.6 is 31.9 Å². The van der Waals surface area contributed by atoms with Gasteiger partial charge >= 0.3 is 11.7 Å². The largest absolute Gasteiger partial charge is 0.481 e. The topological polar surface area (TPSA) is 170 Å². The van der Waals surface area contributed by atoms with E-state index >= 15 is 0 Å². The maximum atomic E-state index is 14.2. The Balaban J connectivity index is 1.80. The van der Waals surface area contributed by atoms with Gasteiger partial charge < -0.3 is 14.7 Å². The van der Waals surface area contributed by atoms with E-state index in [2.05, 4.69) is 31.9 Å². The molecular formula is C32H31Br2N3O9. The van der Waals surface area contributed by atoms with Crippen molar-refractivity contribution in [1.29, 1.82) is 0 Å². The molecule has 0 fully saturated rings. The predicted molar refractivity (Wildman–Crippen MR) is 173 cm³/mol. The smallest absolute Gasteiger partial charge is 0.318 e. The molecule has 3 aliphatic rings. The third-order valence-electron chi connectivity index (χ3n) is 8.48. The van der Waals surface area contributed by atoms with Gasteiger partial charge in [-0.25, -0.2) is 0 Å². The molecule has 5 rings (SSSR count). The Kier molecular flexibility index (Phi) is 8.75. The highest BCUT2D eigenvalue weighted by Gasteiger charge is 2.50. The van der Waals surface area contributed by atoms with E-state index in [9.17, 15) is 39.7 Å². The molecule has 14 heteroatoms. The van der Waals surface area contributed by atoms with Crippen LogP contribution in [-0.2, 0) is 14.4 Å². The van der Waals surface area contributed by atoms with Crippen LogP contribution in [0.25, 0.3) is 0 Å². The number of non-ortho nitro benzene ring substituents is 1. The number of ketones is 2. The maximum absolute atomic E-state index is 14.2. The first-order valence-electron chi connectivity index (χ1n) is 14.5. The fourth-order valence-electron chi connectivity index (χ4n) is 6.70. The Morgan fingerprint density at radius 3 is 2.00 bits per heavy atom. The van der Waals surface area contributed by atoms with Crippen LogP contribution in [-0.4, -0.2) is 43.9 Å². The normalized spacial score (nSPS) is 19.1. The zero-order valence-electron chi connectivity index (χ0n) is 25.5. The molecule has 242 valence electrons. The maximum Gasteiger partial charge on any atom is 0.318 e. The van der Waals surface area contributed by atoms with Crippen molar-refractivity contribution >= 4 is 60.8 Å². The van der Waals surface area contributed by atoms with Gasteiger partial charge in [-0.15, -0.1) is 0 Å². The van der Waals surface area contributed by atoms with Crippen LogP contribution in [0.1, 0.15) is 71.3 Å². The highest BCUT2D eigenvalue weighted by Crippen LogP contribution is 2.57. The number of hydrogen-bond donors (Lipinski definition) is 1. The number of carboxylic acid groups (broad SMARTS) is 1. The minimum Gasteiger partial charge on any atom is -0.481 e. The molecule has 0 spiro atoms. The average molecular weight is 761 g/mol. The van der Waals surface area contributed by atoms with Crippen LogP contribution in [0.15, 0.2) is 61.8 Å². The third-order valence-corrected chi connectivity index (χ3v) is 9.53. The molecular weight excluding hydrogens is 730 g/mol. The summed E-state index contributed by atoms with van der Waals surface area (Å²) >= 11 is 7.02. The van der Waals surface area contributed by atoms with Crippen molar-refractivity contribution < 1.29 is 34.1 Å². The number of aliphatic carboxylic acids is 1. The predicted octanol–water partition coefficient (Wildman–Crippen LogP) is 7.98. The molecule has 0 radical (unpaired) electrons. The van der Waals surface area contributed by atoms with E-state index < -0.39 is 43.9 Å². The second-order valence-corrected chi connectivity index (χ2v) is 15.2. The number of nitro groups is 2. The zero-order valence-corrected chi connectivity index (χ0v) is 28.7. The van der Waals surface area contributed by atoms with E-state index in [-0.39, 0.29) is 48.9 Å². The number of carbonyl (C=O) groups excluding carboxylic acids is 2. The van der Waals surface area contributed by atoms with E-state index in [1.54, 1.807) is 12.1 Å². The second kappa shape index (κ2) is 12.0. The van der Waals surface area contributed by atoms with Crippen LogP contribution in [0.5, 0.6) is 11.5 Å². The number of rotatable bonds is 8. The van der Waals surface area contributed by atoms with Gasteiger partial charge in [-0.2, -0.15) is 0 Å². The van der Waals surface area contributed by atoms with Gasteiger partial charge in [0.05, 0.1) is 26.8 Å². The fraction of sp³-hybridized carbons (Fsp3) is 0.406. The molecule has 0 saturated carbocycles. The van der Waals surface area contributed by atoms with Crippen LogP contribution in [0.3, 0.4) is 0 Å². The molecule has 2 aromatic carbocycles. The molecule has 46 heavy (non-hydrogen) atoms. The first kappa shape index (κ1) is 33.5. The molecule has 2 aromatic rings. The number of Topliss-reactive ketones (excluding diaryl/α,β-unsaturated/α-hetero) is 2. The molecule has 2 aliphatic carbocycles. The van der Waals surface area contributed by atoms with Gasteiger partial charge in [-0.3, -0.25) is 34.6 Å². The van der Waals surface area contributed by atoms with Gasteiger partial charge in [0.1, 0.15) is 5.75 Å². The number of carbonyl (C=O) groups is 3. The standard InChI is InChI=1S/C32H31Br2N3O9/c1-31(2)12-21-28(23(38)14-31)27(29-22(35(21)8-7-26(40)41)13-32(3,4)15-24(29)39)18-9-16(33)10-19(34)30(18)46-25-6-5-17(36(42)43)11-20(25)37(44)45/h5-6,9-11,27H,7-8,12-15H2,1-4H3,(H,40,41). The number of nitrogens with zero attached hydrogens (tertiary/aromatic N) is 3. The molecule has 1 heterocycles. The van der Waals surface area contributed by atoms with E-state index in [1.165, 1.54) is 0 Å². The zero-order chi connectivity index (χ0) is 33.9. The highest BCUT2D eigenvalue weighted by atomic mass is 79.9. The van der Waals surface area contributed by atoms with Gasteiger partial charge in [0.2, 0.25) is 5.75 Å². The molecule has 12 nitrogen and oxygen atoms in total. The van der Waals surface area contributed by atoms with Gasteiger partial charge in [-0.1, -0.05) is 43.6 Å². The van der Waals surface area contributed by atoms with Crippen molar-refractivity contribution in [1.82, 2.24) is 4.90 Å². The van der Waals surface area contributed by atoms with Gasteiger partial charge in [0.15, 0.2) is 11.6 Å². The number of benzene rings is 2. The lowest BCUT2D eigenvalue weighted by atomic mass is 9.63. The Morgan fingerprint density at radius 2 is 1.50 bits per heavy atom. The quantitative estimate of drug-likeness (QED) is 0.206. The monoisotopic (exact) mass is 759 g/mol. The Labute approximate surface area is 281 Å². The minimum absolute atomic E-state index is 0.0764. The summed E-state index contributed by atoms with van der Waals surface area (Å²) in [6.07, 6.45) is 1.08. The van der Waals surface area contributed by atoms with Crippen molar-refractivity contribution in [3.8, 4) is 11.5 Å². The molecule has 1 N–H and O–H groups in total. The Hall–Kier alpha value is -3.91. The molecule has 0 unspecified atom stereocenters. The molecule has 0 amide bonds. The minimum atomic E-state index is -1.01. The second-order valence-electron chi connectivity index (χ2n) is 13.4. The number of allylic oxidation sites excluding steroid dienone is 4. The molecule has 0 bridgehead atoms. The summed E-state index contributed by atoms with van der Waals surface area (Å²) in [7, 11) is 0. The van der Waals surface area contributed by atoms with E-state index in [4.69, 9.17) is 4.74 Å². The van der Waals surface area contributed by atoms with Crippen molar-refractivity contribution in [3.05, 3.63) is 87.6 Å². The highest BCUT2D eigenvalue weighted by molar-refractivity contribution is 9.11. The first-order chi connectivity index (χ1) is 21.4. The number of halogens is 2. The molecule has 0 saturated heterocycles. The van der Waals surface area contributed by atoms with Crippen molar-refractivity contribution in [2.45, 2.75) is 65.7 Å². The van der Waals surface area contributed by atoms with Crippen molar-refractivity contribution in [2.24, 2.45) is 10.8 Å². The SMILES string of the molecule is CC1(C)CC(=O)C2=C(C1)N(CCC(=O)O)C1=C(C(=O)CC(C)(C)C1)C2c1cc(Br)cc(Br)c1Oc1ccc([N+](=O)[O-])cc1[N+](=O)[O-]. The molecule has 0 atom stereocenters. The van der Waals surface area contributed by atoms with Crippen molar-refractivity contribution in [3.63, 3.8) is 0 Å². The summed E-state index contributed by atoms with van der Waals surface area (Å²) in [5, 5.41) is 32.9. The number of carboxylic acids is 1. The van der Waals surface area contributed by atoms with E-state index in [1.807, 2.05) is 32.6 Å². The summed E-state index contributed by atoms with van der Waals surface area (Å²) in [6, 6.07) is 6.39. The number of ether oxygens (including phenoxy) is 1. The fourth-order valence-corrected chi connectivity index (χ4v) is 8.04. The lowest BCUT2D eigenvalue weighted by molar-refractivity contribution is -0.394. The van der Waals surface area contributed by atoms with Crippen molar-refractivity contribution in [2.75, 3.05) is 6.54 Å². The van der Waals surface area contributed by atoms with Crippen LogP contribution < -0.4 is 4.74 Å². The summed E-state index contributed by atoms with van der Waals surface area (Å²) in [6.45, 7) is 7.95. The summed E-state index contributed by atoms with van der Waals surface area (Å²) in [5.41, 5.74) is 0.417. The number of nitro benzene ring substituents is 2. The lowest BCUT2D eigenvalue weighted by Gasteiger charge is -2.49. The third kappa shape index (κ3) is 6.37. The average Bonchev–Trinajstić information content (AvgIpc) is 2.91. The summed E-state index contributed by atoms with van der Waals surface area (Å²) in [5.74, 6) is -2.48. The summed E-state index contributed by atoms with van der Waals surface area (Å²) < 4.78 is 7.13. The Bertz CT molecular complexity index is 1740. The van der Waals surface area contributed by atoms with Gasteiger partial charge in [-0.05, 0) is 57.8 Å². The van der Waals surface area contributed by atoms with Gasteiger partial charge in [0, 0.05) is 63.9 Å². The van der Waals surface area contributed by atoms with Gasteiger partial charge in [0.25, 0.3) is 5.69 Å². The van der Waals surface area contributed by atoms with Crippen LogP contribution in [0.2, 0.25) is 0 Å². The van der Waals surface area contributed by atoms with Crippen LogP contribution in [0, 0.1) is 31.1 Å². The van der Waals surface area contributed by atoms with E-state index in [0.29, 0.717) is 49.9 Å². The Morgan fingerprint density at radius 1 is 0.935 bits per heavy atom. The first-order valence-corrected chi connectivity index (χ1v) is 16.1. The lowest BCUT2D eigenvalue weighted by Crippen LogP contribution is -2.45. The van der Waals surface area contributed by atoms with Crippen LogP contribution in [0.4, 0.5) is 11.4 Å². The number of hydrogen-bond acceptors (Lipinski definition) is 9. The molecule has 1 aliphatic heterocycles. The summed E-state index contributed by atoms with van der Waals surface area (Å²) in [4.78, 5) is 63.7.